The highest BCUT2D eigenvalue weighted by Crippen LogP contribution is 2.23. The van der Waals surface area contributed by atoms with Crippen LogP contribution in [-0.4, -0.2) is 24.2 Å². The number of amides is 1. The molecule has 1 aliphatic rings. The molecule has 4 heteroatoms. The quantitative estimate of drug-likeness (QED) is 0.838. The average Bonchev–Trinajstić information content (AvgIpc) is 2.83. The summed E-state index contributed by atoms with van der Waals surface area (Å²) in [6.07, 6.45) is 0.175. The maximum atomic E-state index is 11.9. The van der Waals surface area contributed by atoms with Crippen molar-refractivity contribution in [3.8, 4) is 0 Å². The van der Waals surface area contributed by atoms with E-state index in [-0.39, 0.29) is 11.8 Å². The van der Waals surface area contributed by atoms with Crippen LogP contribution in [0.4, 0.5) is 5.69 Å². The van der Waals surface area contributed by atoms with E-state index in [1.807, 2.05) is 18.2 Å². The molecule has 1 aromatic rings. The van der Waals surface area contributed by atoms with E-state index in [9.17, 15) is 9.90 Å². The maximum absolute atomic E-state index is 11.9. The number of hydrogen-bond acceptors (Lipinski definition) is 3. The summed E-state index contributed by atoms with van der Waals surface area (Å²) >= 11 is 0. The van der Waals surface area contributed by atoms with Crippen molar-refractivity contribution in [2.24, 2.45) is 5.92 Å². The number of benzene rings is 1. The molecule has 1 fully saturated rings. The van der Waals surface area contributed by atoms with E-state index in [1.165, 1.54) is 0 Å². The van der Waals surface area contributed by atoms with E-state index >= 15 is 0 Å². The van der Waals surface area contributed by atoms with Crippen LogP contribution in [0.25, 0.3) is 0 Å². The van der Waals surface area contributed by atoms with Gasteiger partial charge >= 0.3 is 0 Å². The number of ether oxygens (including phenoxy) is 1. The largest absolute Gasteiger partial charge is 0.389 e. The smallest absolute Gasteiger partial charge is 0.229 e. The van der Waals surface area contributed by atoms with Crippen LogP contribution in [0.2, 0.25) is 0 Å². The number of para-hydroxylation sites is 1. The molecule has 0 aromatic heterocycles. The number of aliphatic hydroxyl groups is 1. The van der Waals surface area contributed by atoms with Gasteiger partial charge in [0.25, 0.3) is 0 Å². The first-order chi connectivity index (χ1) is 8.18. The van der Waals surface area contributed by atoms with E-state index < -0.39 is 6.10 Å². The van der Waals surface area contributed by atoms with Crippen molar-refractivity contribution in [3.05, 3.63) is 29.8 Å². The van der Waals surface area contributed by atoms with E-state index in [0.29, 0.717) is 18.9 Å². The molecule has 92 valence electrons. The van der Waals surface area contributed by atoms with Crippen LogP contribution in [0.3, 0.4) is 0 Å². The number of carbonyl (C=O) groups excluding carboxylic acids is 1. The first-order valence-corrected chi connectivity index (χ1v) is 5.84. The summed E-state index contributed by atoms with van der Waals surface area (Å²) in [5.41, 5.74) is 1.42. The summed E-state index contributed by atoms with van der Waals surface area (Å²) in [7, 11) is 0. The Balaban J connectivity index is 2.09. The molecular formula is C13H17NO3. The molecular weight excluding hydrogens is 218 g/mol. The highest BCUT2D eigenvalue weighted by atomic mass is 16.5. The van der Waals surface area contributed by atoms with E-state index in [1.54, 1.807) is 13.0 Å². The zero-order valence-corrected chi connectivity index (χ0v) is 9.85. The first-order valence-electron chi connectivity index (χ1n) is 5.84. The molecule has 0 saturated carbocycles. The summed E-state index contributed by atoms with van der Waals surface area (Å²) in [5.74, 6) is -0.104. The molecule has 17 heavy (non-hydrogen) atoms. The van der Waals surface area contributed by atoms with Crippen molar-refractivity contribution < 1.29 is 14.6 Å². The Hall–Kier alpha value is -1.39. The number of nitrogens with one attached hydrogen (secondary N) is 1. The Bertz CT molecular complexity index is 397. The Morgan fingerprint density at radius 2 is 2.29 bits per heavy atom. The predicted octanol–water partition coefficient (Wildman–Crippen LogP) is 1.71. The summed E-state index contributed by atoms with van der Waals surface area (Å²) in [6.45, 7) is 2.82. The van der Waals surface area contributed by atoms with Crippen LogP contribution in [-0.2, 0) is 9.53 Å². The third-order valence-electron chi connectivity index (χ3n) is 2.97. The Labute approximate surface area is 101 Å². The molecule has 2 unspecified atom stereocenters. The van der Waals surface area contributed by atoms with Crippen LogP contribution in [0, 0.1) is 5.92 Å². The normalized spacial score (nSPS) is 21.2. The zero-order chi connectivity index (χ0) is 12.3. The molecule has 2 rings (SSSR count). The van der Waals surface area contributed by atoms with E-state index in [0.717, 1.165) is 12.0 Å². The SMILES string of the molecule is CC(O)c1ccccc1NC(=O)C1CCOC1. The lowest BCUT2D eigenvalue weighted by Crippen LogP contribution is -2.23. The lowest BCUT2D eigenvalue weighted by Gasteiger charge is -2.14. The molecule has 4 nitrogen and oxygen atoms in total. The van der Waals surface area contributed by atoms with Crippen molar-refractivity contribution in [2.45, 2.75) is 19.4 Å². The average molecular weight is 235 g/mol. The molecule has 2 N–H and O–H groups in total. The van der Waals surface area contributed by atoms with Gasteiger partial charge in [-0.15, -0.1) is 0 Å². The molecule has 1 heterocycles. The number of hydrogen-bond donors (Lipinski definition) is 2. The fourth-order valence-corrected chi connectivity index (χ4v) is 1.95. The summed E-state index contributed by atoms with van der Waals surface area (Å²) in [6, 6.07) is 7.30. The van der Waals surface area contributed by atoms with Crippen molar-refractivity contribution in [2.75, 3.05) is 18.5 Å². The standard InChI is InChI=1S/C13H17NO3/c1-9(15)11-4-2-3-5-12(11)14-13(16)10-6-7-17-8-10/h2-5,9-10,15H,6-8H2,1H3,(H,14,16). The van der Waals surface area contributed by atoms with Gasteiger partial charge in [-0.25, -0.2) is 0 Å². The molecule has 1 aromatic carbocycles. The van der Waals surface area contributed by atoms with Gasteiger partial charge in [0.15, 0.2) is 0 Å². The van der Waals surface area contributed by atoms with Gasteiger partial charge in [0.1, 0.15) is 0 Å². The topological polar surface area (TPSA) is 58.6 Å². The van der Waals surface area contributed by atoms with Crippen molar-refractivity contribution in [3.63, 3.8) is 0 Å². The lowest BCUT2D eigenvalue weighted by molar-refractivity contribution is -0.119. The van der Waals surface area contributed by atoms with Gasteiger partial charge in [-0.05, 0) is 19.4 Å². The molecule has 0 aliphatic carbocycles. The third kappa shape index (κ3) is 2.84. The van der Waals surface area contributed by atoms with Gasteiger partial charge in [-0.3, -0.25) is 4.79 Å². The molecule has 1 saturated heterocycles. The van der Waals surface area contributed by atoms with Crippen LogP contribution in [0.5, 0.6) is 0 Å². The fraction of sp³-hybridized carbons (Fsp3) is 0.462. The minimum atomic E-state index is -0.591. The summed E-state index contributed by atoms with van der Waals surface area (Å²) in [5, 5.41) is 12.5. The number of anilines is 1. The molecule has 1 aliphatic heterocycles. The highest BCUT2D eigenvalue weighted by Gasteiger charge is 2.24. The third-order valence-corrected chi connectivity index (χ3v) is 2.97. The van der Waals surface area contributed by atoms with Crippen LogP contribution in [0.1, 0.15) is 25.0 Å². The molecule has 1 amide bonds. The van der Waals surface area contributed by atoms with Gasteiger partial charge in [0.05, 0.1) is 18.6 Å². The highest BCUT2D eigenvalue weighted by molar-refractivity contribution is 5.93. The monoisotopic (exact) mass is 235 g/mol. The van der Waals surface area contributed by atoms with Crippen molar-refractivity contribution in [1.82, 2.24) is 0 Å². The van der Waals surface area contributed by atoms with Gasteiger partial charge in [0.2, 0.25) is 5.91 Å². The van der Waals surface area contributed by atoms with Crippen molar-refractivity contribution in [1.29, 1.82) is 0 Å². The second-order valence-corrected chi connectivity index (χ2v) is 4.31. The number of carbonyl (C=O) groups is 1. The van der Waals surface area contributed by atoms with Crippen molar-refractivity contribution >= 4 is 11.6 Å². The van der Waals surface area contributed by atoms with Gasteiger partial charge in [0, 0.05) is 17.9 Å². The second-order valence-electron chi connectivity index (χ2n) is 4.31. The Kier molecular flexibility index (Phi) is 3.76. The van der Waals surface area contributed by atoms with E-state index in [4.69, 9.17) is 4.74 Å². The first kappa shape index (κ1) is 12.1. The zero-order valence-electron chi connectivity index (χ0n) is 9.85. The molecule has 0 radical (unpaired) electrons. The summed E-state index contributed by atoms with van der Waals surface area (Å²) < 4.78 is 5.18. The minimum Gasteiger partial charge on any atom is -0.389 e. The predicted molar refractivity (Wildman–Crippen MR) is 64.6 cm³/mol. The van der Waals surface area contributed by atoms with Crippen LogP contribution in [0.15, 0.2) is 24.3 Å². The maximum Gasteiger partial charge on any atom is 0.229 e. The van der Waals surface area contributed by atoms with Crippen LogP contribution >= 0.6 is 0 Å². The lowest BCUT2D eigenvalue weighted by atomic mass is 10.1. The van der Waals surface area contributed by atoms with E-state index in [2.05, 4.69) is 5.32 Å². The minimum absolute atomic E-state index is 0.0319. The Morgan fingerprint density at radius 1 is 1.53 bits per heavy atom. The molecule has 2 atom stereocenters. The van der Waals surface area contributed by atoms with Gasteiger partial charge in [-0.2, -0.15) is 0 Å². The second kappa shape index (κ2) is 5.29. The summed E-state index contributed by atoms with van der Waals surface area (Å²) in [4.78, 5) is 11.9. The number of aliphatic hydroxyl groups excluding tert-OH is 1. The fourth-order valence-electron chi connectivity index (χ4n) is 1.95. The molecule has 0 spiro atoms. The molecule has 0 bridgehead atoms. The van der Waals surface area contributed by atoms with Crippen LogP contribution < -0.4 is 5.32 Å². The number of rotatable bonds is 3. The van der Waals surface area contributed by atoms with Gasteiger partial charge < -0.3 is 15.2 Å². The Morgan fingerprint density at radius 3 is 2.94 bits per heavy atom. The van der Waals surface area contributed by atoms with Gasteiger partial charge in [-0.1, -0.05) is 18.2 Å².